The average molecular weight is 414 g/mol. The largest absolute Gasteiger partial charge is 0.374 e. The molecule has 0 saturated carbocycles. The molecule has 0 spiro atoms. The van der Waals surface area contributed by atoms with Crippen molar-refractivity contribution in [3.8, 4) is 5.82 Å². The molecule has 2 aromatic heterocycles. The van der Waals surface area contributed by atoms with Crippen molar-refractivity contribution in [2.24, 2.45) is 10.9 Å². The van der Waals surface area contributed by atoms with Crippen LogP contribution in [-0.2, 0) is 11.3 Å². The second kappa shape index (κ2) is 10.5. The minimum atomic E-state index is 0.178. The molecule has 2 N–H and O–H groups in total. The van der Waals surface area contributed by atoms with Crippen molar-refractivity contribution < 1.29 is 4.74 Å². The topological polar surface area (TPSA) is 79.6 Å². The SMILES string of the molecule is CN=C(NCc1ccc(-n2nc(C)cc2C)nc1)NCC1CN(CC(C)C)CCO1. The van der Waals surface area contributed by atoms with Crippen molar-refractivity contribution in [2.45, 2.75) is 40.3 Å². The number of pyridine rings is 1. The Morgan fingerprint density at radius 1 is 1.30 bits per heavy atom. The van der Waals surface area contributed by atoms with Crippen LogP contribution in [0.25, 0.3) is 5.82 Å². The monoisotopic (exact) mass is 413 g/mol. The summed E-state index contributed by atoms with van der Waals surface area (Å²) in [6, 6.07) is 6.10. The van der Waals surface area contributed by atoms with E-state index in [0.29, 0.717) is 12.5 Å². The number of guanidine groups is 1. The highest BCUT2D eigenvalue weighted by Gasteiger charge is 2.21. The van der Waals surface area contributed by atoms with E-state index in [0.717, 1.165) is 61.5 Å². The second-order valence-corrected chi connectivity index (χ2v) is 8.32. The molecular weight excluding hydrogens is 378 g/mol. The van der Waals surface area contributed by atoms with E-state index in [4.69, 9.17) is 4.74 Å². The summed E-state index contributed by atoms with van der Waals surface area (Å²) in [6.07, 6.45) is 2.05. The third-order valence-corrected chi connectivity index (χ3v) is 5.06. The molecule has 1 aliphatic rings. The average Bonchev–Trinajstić information content (AvgIpc) is 3.06. The van der Waals surface area contributed by atoms with E-state index in [-0.39, 0.29) is 6.10 Å². The number of morpholine rings is 1. The van der Waals surface area contributed by atoms with Gasteiger partial charge in [-0.15, -0.1) is 0 Å². The fraction of sp³-hybridized carbons (Fsp3) is 0.591. The molecule has 1 aliphatic heterocycles. The summed E-state index contributed by atoms with van der Waals surface area (Å²) in [5.41, 5.74) is 3.15. The molecule has 0 aromatic carbocycles. The first kappa shape index (κ1) is 22.2. The molecule has 1 saturated heterocycles. The third kappa shape index (κ3) is 6.27. The lowest BCUT2D eigenvalue weighted by Gasteiger charge is -2.34. The van der Waals surface area contributed by atoms with Gasteiger partial charge in [-0.1, -0.05) is 19.9 Å². The number of nitrogens with one attached hydrogen (secondary N) is 2. The van der Waals surface area contributed by atoms with Crippen molar-refractivity contribution in [3.05, 3.63) is 41.3 Å². The molecule has 0 bridgehead atoms. The quantitative estimate of drug-likeness (QED) is 0.533. The zero-order valence-corrected chi connectivity index (χ0v) is 18.9. The molecule has 8 nitrogen and oxygen atoms in total. The summed E-state index contributed by atoms with van der Waals surface area (Å²) < 4.78 is 7.77. The molecule has 1 fully saturated rings. The Morgan fingerprint density at radius 2 is 2.13 bits per heavy atom. The molecular formula is C22H35N7O. The number of nitrogens with zero attached hydrogens (tertiary/aromatic N) is 5. The number of aryl methyl sites for hydroxylation is 2. The first-order valence-corrected chi connectivity index (χ1v) is 10.7. The molecule has 3 rings (SSSR count). The van der Waals surface area contributed by atoms with Gasteiger partial charge in [-0.05, 0) is 37.5 Å². The Balaban J connectivity index is 1.47. The van der Waals surface area contributed by atoms with Crippen LogP contribution in [0.3, 0.4) is 0 Å². The maximum atomic E-state index is 5.91. The van der Waals surface area contributed by atoms with E-state index in [9.17, 15) is 0 Å². The summed E-state index contributed by atoms with van der Waals surface area (Å²) >= 11 is 0. The Bertz CT molecular complexity index is 829. The molecule has 0 aliphatic carbocycles. The summed E-state index contributed by atoms with van der Waals surface area (Å²) in [5.74, 6) is 2.27. The van der Waals surface area contributed by atoms with Crippen LogP contribution < -0.4 is 10.6 Å². The minimum absolute atomic E-state index is 0.178. The van der Waals surface area contributed by atoms with Gasteiger partial charge in [0.2, 0.25) is 0 Å². The summed E-state index contributed by atoms with van der Waals surface area (Å²) in [5, 5.41) is 11.2. The van der Waals surface area contributed by atoms with Crippen LogP contribution in [0.1, 0.15) is 30.8 Å². The first-order valence-electron chi connectivity index (χ1n) is 10.7. The lowest BCUT2D eigenvalue weighted by Crippen LogP contribution is -2.50. The predicted octanol–water partition coefficient (Wildman–Crippen LogP) is 1.91. The van der Waals surface area contributed by atoms with Crippen molar-refractivity contribution in [3.63, 3.8) is 0 Å². The van der Waals surface area contributed by atoms with Gasteiger partial charge in [0, 0.05) is 51.7 Å². The van der Waals surface area contributed by atoms with Crippen LogP contribution in [0.4, 0.5) is 0 Å². The molecule has 0 amide bonds. The highest BCUT2D eigenvalue weighted by Crippen LogP contribution is 2.10. The smallest absolute Gasteiger partial charge is 0.191 e. The molecule has 2 aromatic rings. The van der Waals surface area contributed by atoms with Crippen LogP contribution in [-0.4, -0.2) is 71.6 Å². The third-order valence-electron chi connectivity index (χ3n) is 5.06. The van der Waals surface area contributed by atoms with Gasteiger partial charge in [0.15, 0.2) is 11.8 Å². The van der Waals surface area contributed by atoms with E-state index >= 15 is 0 Å². The molecule has 8 heteroatoms. The molecule has 1 atom stereocenters. The number of hydrogen-bond acceptors (Lipinski definition) is 5. The molecule has 30 heavy (non-hydrogen) atoms. The fourth-order valence-corrected chi connectivity index (χ4v) is 3.71. The summed E-state index contributed by atoms with van der Waals surface area (Å²) in [7, 11) is 1.78. The van der Waals surface area contributed by atoms with Crippen LogP contribution in [0.15, 0.2) is 29.4 Å². The van der Waals surface area contributed by atoms with Gasteiger partial charge >= 0.3 is 0 Å². The van der Waals surface area contributed by atoms with Crippen molar-refractivity contribution in [1.82, 2.24) is 30.3 Å². The fourth-order valence-electron chi connectivity index (χ4n) is 3.71. The zero-order valence-electron chi connectivity index (χ0n) is 18.9. The predicted molar refractivity (Wildman–Crippen MR) is 120 cm³/mol. The lowest BCUT2D eigenvalue weighted by atomic mass is 10.2. The summed E-state index contributed by atoms with van der Waals surface area (Å²) in [6.45, 7) is 13.8. The van der Waals surface area contributed by atoms with Crippen LogP contribution in [0.5, 0.6) is 0 Å². The minimum Gasteiger partial charge on any atom is -0.374 e. The number of aromatic nitrogens is 3. The highest BCUT2D eigenvalue weighted by atomic mass is 16.5. The Kier molecular flexibility index (Phi) is 7.81. The van der Waals surface area contributed by atoms with Gasteiger partial charge in [0.25, 0.3) is 0 Å². The Hall–Kier alpha value is -2.45. The first-order chi connectivity index (χ1) is 14.4. The maximum Gasteiger partial charge on any atom is 0.191 e. The Labute approximate surface area is 179 Å². The molecule has 3 heterocycles. The van der Waals surface area contributed by atoms with Gasteiger partial charge in [0.1, 0.15) is 0 Å². The van der Waals surface area contributed by atoms with E-state index in [1.54, 1.807) is 7.05 Å². The van der Waals surface area contributed by atoms with Gasteiger partial charge in [-0.2, -0.15) is 5.10 Å². The van der Waals surface area contributed by atoms with Gasteiger partial charge < -0.3 is 15.4 Å². The number of rotatable bonds is 7. The number of aliphatic imine (C=N–C) groups is 1. The summed E-state index contributed by atoms with van der Waals surface area (Å²) in [4.78, 5) is 11.4. The van der Waals surface area contributed by atoms with Gasteiger partial charge in [0.05, 0.1) is 18.4 Å². The number of hydrogen-bond donors (Lipinski definition) is 2. The van der Waals surface area contributed by atoms with Crippen LogP contribution in [0.2, 0.25) is 0 Å². The van der Waals surface area contributed by atoms with Crippen molar-refractivity contribution in [1.29, 1.82) is 0 Å². The zero-order chi connectivity index (χ0) is 21.5. The van der Waals surface area contributed by atoms with Crippen LogP contribution >= 0.6 is 0 Å². The van der Waals surface area contributed by atoms with Crippen molar-refractivity contribution >= 4 is 5.96 Å². The van der Waals surface area contributed by atoms with E-state index in [1.165, 1.54) is 0 Å². The van der Waals surface area contributed by atoms with Gasteiger partial charge in [-0.3, -0.25) is 9.89 Å². The van der Waals surface area contributed by atoms with E-state index < -0.39 is 0 Å². The normalized spacial score (nSPS) is 18.1. The Morgan fingerprint density at radius 3 is 2.77 bits per heavy atom. The number of ether oxygens (including phenoxy) is 1. The molecule has 164 valence electrons. The standard InChI is InChI=1S/C22H35N7O/c1-16(2)14-28-8-9-30-20(15-28)13-26-22(23-5)25-12-19-6-7-21(24-11-19)29-18(4)10-17(3)27-29/h6-7,10-11,16,20H,8-9,12-15H2,1-5H3,(H2,23,25,26). The van der Waals surface area contributed by atoms with E-state index in [1.807, 2.05) is 36.9 Å². The highest BCUT2D eigenvalue weighted by molar-refractivity contribution is 5.79. The maximum absolute atomic E-state index is 5.91. The van der Waals surface area contributed by atoms with Gasteiger partial charge in [-0.25, -0.2) is 9.67 Å². The lowest BCUT2D eigenvalue weighted by molar-refractivity contribution is -0.0284. The second-order valence-electron chi connectivity index (χ2n) is 8.32. The molecule has 0 radical (unpaired) electrons. The molecule has 1 unspecified atom stereocenters. The van der Waals surface area contributed by atoms with Crippen LogP contribution in [0, 0.1) is 19.8 Å². The van der Waals surface area contributed by atoms with Crippen molar-refractivity contribution in [2.75, 3.05) is 39.8 Å². The van der Waals surface area contributed by atoms with E-state index in [2.05, 4.69) is 50.5 Å².